The van der Waals surface area contributed by atoms with Gasteiger partial charge < -0.3 is 10.4 Å². The molecule has 0 aliphatic carbocycles. The fourth-order valence-electron chi connectivity index (χ4n) is 2.15. The smallest absolute Gasteiger partial charge is 0.354 e. The normalized spacial score (nSPS) is 10.6. The van der Waals surface area contributed by atoms with Crippen molar-refractivity contribution in [2.24, 2.45) is 7.05 Å². The number of rotatable bonds is 5. The van der Waals surface area contributed by atoms with Crippen LogP contribution in [0.5, 0.6) is 0 Å². The number of pyridine rings is 1. The average Bonchev–Trinajstić information content (AvgIpc) is 2.65. The number of anilines is 1. The number of nitrogens with zero attached hydrogens (tertiary/aromatic N) is 3. The van der Waals surface area contributed by atoms with Crippen LogP contribution in [0.15, 0.2) is 18.2 Å². The largest absolute Gasteiger partial charge is 0.477 e. The molecule has 0 saturated carbocycles. The van der Waals surface area contributed by atoms with Crippen LogP contribution in [-0.2, 0) is 13.5 Å². The number of carboxylic acids is 1. The zero-order chi connectivity index (χ0) is 14.7. The minimum atomic E-state index is -1.02. The van der Waals surface area contributed by atoms with Gasteiger partial charge in [0.2, 0.25) is 0 Å². The standard InChI is InChI=1S/C14H18N4O2/c1-9-11(10(2)18(3)17-9)7-8-15-13-6-4-5-12(16-13)14(19)20/h4-6H,7-8H2,1-3H3,(H,15,16)(H,19,20). The third kappa shape index (κ3) is 2.96. The van der Waals surface area contributed by atoms with Crippen molar-refractivity contribution in [1.82, 2.24) is 14.8 Å². The van der Waals surface area contributed by atoms with Gasteiger partial charge in [-0.25, -0.2) is 9.78 Å². The van der Waals surface area contributed by atoms with Crippen LogP contribution in [0.2, 0.25) is 0 Å². The van der Waals surface area contributed by atoms with Crippen LogP contribution in [0.1, 0.15) is 27.4 Å². The van der Waals surface area contributed by atoms with Gasteiger partial charge in [0.15, 0.2) is 5.69 Å². The van der Waals surface area contributed by atoms with Gasteiger partial charge in [-0.15, -0.1) is 0 Å². The molecule has 0 aliphatic heterocycles. The Hall–Kier alpha value is -2.37. The van der Waals surface area contributed by atoms with E-state index >= 15 is 0 Å². The molecule has 0 radical (unpaired) electrons. The first-order valence-corrected chi connectivity index (χ1v) is 6.42. The second kappa shape index (κ2) is 5.73. The lowest BCUT2D eigenvalue weighted by molar-refractivity contribution is 0.0690. The van der Waals surface area contributed by atoms with Crippen molar-refractivity contribution < 1.29 is 9.90 Å². The van der Waals surface area contributed by atoms with Crippen LogP contribution in [0.3, 0.4) is 0 Å². The zero-order valence-corrected chi connectivity index (χ0v) is 11.8. The number of carboxylic acid groups (broad SMARTS) is 1. The number of hydrogen-bond acceptors (Lipinski definition) is 4. The van der Waals surface area contributed by atoms with Crippen molar-refractivity contribution in [3.05, 3.63) is 40.8 Å². The molecule has 0 spiro atoms. The predicted octanol–water partition coefficient (Wildman–Crippen LogP) is 1.78. The summed E-state index contributed by atoms with van der Waals surface area (Å²) >= 11 is 0. The van der Waals surface area contributed by atoms with Crippen LogP contribution in [-0.4, -0.2) is 32.4 Å². The minimum absolute atomic E-state index is 0.0451. The maximum Gasteiger partial charge on any atom is 0.354 e. The van der Waals surface area contributed by atoms with Gasteiger partial charge in [-0.1, -0.05) is 6.07 Å². The highest BCUT2D eigenvalue weighted by Gasteiger charge is 2.09. The van der Waals surface area contributed by atoms with Gasteiger partial charge in [-0.05, 0) is 38.0 Å². The second-order valence-corrected chi connectivity index (χ2v) is 4.66. The molecule has 2 rings (SSSR count). The quantitative estimate of drug-likeness (QED) is 0.868. The lowest BCUT2D eigenvalue weighted by atomic mass is 10.1. The van der Waals surface area contributed by atoms with Crippen molar-refractivity contribution >= 4 is 11.8 Å². The van der Waals surface area contributed by atoms with Crippen molar-refractivity contribution in [3.63, 3.8) is 0 Å². The first-order chi connectivity index (χ1) is 9.49. The van der Waals surface area contributed by atoms with Crippen LogP contribution < -0.4 is 5.32 Å². The van der Waals surface area contributed by atoms with Crippen LogP contribution in [0, 0.1) is 13.8 Å². The Kier molecular flexibility index (Phi) is 4.02. The van der Waals surface area contributed by atoms with Gasteiger partial charge in [0.1, 0.15) is 5.82 Å². The molecule has 0 atom stereocenters. The summed E-state index contributed by atoms with van der Waals surface area (Å²) in [4.78, 5) is 14.9. The van der Waals surface area contributed by atoms with Crippen LogP contribution in [0.25, 0.3) is 0 Å². The Morgan fingerprint density at radius 3 is 2.75 bits per heavy atom. The second-order valence-electron chi connectivity index (χ2n) is 4.66. The summed E-state index contributed by atoms with van der Waals surface area (Å²) < 4.78 is 1.87. The predicted molar refractivity (Wildman–Crippen MR) is 76.1 cm³/mol. The number of carbonyl (C=O) groups is 1. The van der Waals surface area contributed by atoms with E-state index in [1.165, 1.54) is 11.6 Å². The molecule has 2 aromatic heterocycles. The molecule has 0 unspecified atom stereocenters. The first kappa shape index (κ1) is 14.0. The Bertz CT molecular complexity index is 634. The Morgan fingerprint density at radius 2 is 2.15 bits per heavy atom. The van der Waals surface area contributed by atoms with E-state index < -0.39 is 5.97 Å². The molecular weight excluding hydrogens is 256 g/mol. The molecular formula is C14H18N4O2. The van der Waals surface area contributed by atoms with E-state index in [4.69, 9.17) is 5.11 Å². The molecule has 0 aromatic carbocycles. The summed E-state index contributed by atoms with van der Waals surface area (Å²) in [5, 5.41) is 16.4. The fraction of sp³-hybridized carbons (Fsp3) is 0.357. The van der Waals surface area contributed by atoms with Crippen molar-refractivity contribution in [3.8, 4) is 0 Å². The molecule has 6 heteroatoms. The van der Waals surface area contributed by atoms with E-state index in [0.717, 1.165) is 17.8 Å². The molecule has 2 N–H and O–H groups in total. The zero-order valence-electron chi connectivity index (χ0n) is 11.8. The summed E-state index contributed by atoms with van der Waals surface area (Å²) in [6.07, 6.45) is 0.824. The maximum atomic E-state index is 10.8. The highest BCUT2D eigenvalue weighted by Crippen LogP contribution is 2.13. The molecule has 0 aliphatic rings. The Balaban J connectivity index is 1.99. The average molecular weight is 274 g/mol. The molecule has 0 bridgehead atoms. The number of hydrogen-bond donors (Lipinski definition) is 2. The van der Waals surface area contributed by atoms with Crippen LogP contribution >= 0.6 is 0 Å². The van der Waals surface area contributed by atoms with Crippen molar-refractivity contribution in [1.29, 1.82) is 0 Å². The monoisotopic (exact) mass is 274 g/mol. The summed E-state index contributed by atoms with van der Waals surface area (Å²) in [5.41, 5.74) is 3.44. The summed E-state index contributed by atoms with van der Waals surface area (Å²) in [6, 6.07) is 4.91. The van der Waals surface area contributed by atoms with E-state index in [2.05, 4.69) is 15.4 Å². The Morgan fingerprint density at radius 1 is 1.40 bits per heavy atom. The summed E-state index contributed by atoms with van der Waals surface area (Å²) in [5.74, 6) is -0.448. The molecule has 2 heterocycles. The Labute approximate surface area is 117 Å². The number of nitrogens with one attached hydrogen (secondary N) is 1. The lowest BCUT2D eigenvalue weighted by Gasteiger charge is -2.06. The van der Waals surface area contributed by atoms with Crippen LogP contribution in [0.4, 0.5) is 5.82 Å². The van der Waals surface area contributed by atoms with E-state index in [-0.39, 0.29) is 5.69 Å². The third-order valence-electron chi connectivity index (χ3n) is 3.31. The van der Waals surface area contributed by atoms with E-state index in [1.54, 1.807) is 12.1 Å². The first-order valence-electron chi connectivity index (χ1n) is 6.42. The van der Waals surface area contributed by atoms with Gasteiger partial charge in [-0.3, -0.25) is 4.68 Å². The number of aromatic carboxylic acids is 1. The third-order valence-corrected chi connectivity index (χ3v) is 3.31. The molecule has 20 heavy (non-hydrogen) atoms. The maximum absolute atomic E-state index is 10.8. The van der Waals surface area contributed by atoms with Gasteiger partial charge in [0, 0.05) is 19.3 Å². The topological polar surface area (TPSA) is 80.0 Å². The molecule has 2 aromatic rings. The molecule has 0 fully saturated rings. The summed E-state index contributed by atoms with van der Waals surface area (Å²) in [7, 11) is 1.93. The SMILES string of the molecule is Cc1nn(C)c(C)c1CCNc1cccc(C(=O)O)n1. The van der Waals surface area contributed by atoms with Gasteiger partial charge >= 0.3 is 5.97 Å². The molecule has 0 saturated heterocycles. The van der Waals surface area contributed by atoms with Crippen molar-refractivity contribution in [2.75, 3.05) is 11.9 Å². The summed E-state index contributed by atoms with van der Waals surface area (Å²) in [6.45, 7) is 4.72. The van der Waals surface area contributed by atoms with Crippen molar-refractivity contribution in [2.45, 2.75) is 20.3 Å². The molecule has 106 valence electrons. The molecule has 6 nitrogen and oxygen atoms in total. The van der Waals surface area contributed by atoms with Gasteiger partial charge in [-0.2, -0.15) is 5.10 Å². The highest BCUT2D eigenvalue weighted by atomic mass is 16.4. The van der Waals surface area contributed by atoms with E-state index in [1.807, 2.05) is 25.6 Å². The number of aryl methyl sites for hydroxylation is 2. The minimum Gasteiger partial charge on any atom is -0.477 e. The highest BCUT2D eigenvalue weighted by molar-refractivity contribution is 5.85. The number of aromatic nitrogens is 3. The van der Waals surface area contributed by atoms with Gasteiger partial charge in [0.05, 0.1) is 5.69 Å². The van der Waals surface area contributed by atoms with Gasteiger partial charge in [0.25, 0.3) is 0 Å². The van der Waals surface area contributed by atoms with E-state index in [9.17, 15) is 4.79 Å². The fourth-order valence-corrected chi connectivity index (χ4v) is 2.15. The van der Waals surface area contributed by atoms with E-state index in [0.29, 0.717) is 12.4 Å². The lowest BCUT2D eigenvalue weighted by Crippen LogP contribution is -2.09. The molecule has 0 amide bonds.